The molecule has 2 aliphatic rings. The Labute approximate surface area is 146 Å². The van der Waals surface area contributed by atoms with Crippen molar-refractivity contribution in [1.82, 2.24) is 0 Å². The largest absolute Gasteiger partial charge is 0.375 e. The summed E-state index contributed by atoms with van der Waals surface area (Å²) in [6.45, 7) is 6.41. The standard InChI is InChI=1S/C20H22N2OS/c1-12-6-7-13-14(9-12)22-19(17-5-4-8-24-17)18-15(21-13)10-20(2,3)11-16(18)23/h4-9,18-19,22H,10-11H2,1-3H3. The van der Waals surface area contributed by atoms with Crippen molar-refractivity contribution in [3.8, 4) is 0 Å². The number of Topliss-reactive ketones (excluding diaryl/α,β-unsaturated/α-hetero) is 1. The van der Waals surface area contributed by atoms with E-state index in [0.717, 1.165) is 23.5 Å². The topological polar surface area (TPSA) is 41.5 Å². The van der Waals surface area contributed by atoms with Gasteiger partial charge >= 0.3 is 0 Å². The molecule has 2 heterocycles. The Morgan fingerprint density at radius 3 is 2.83 bits per heavy atom. The van der Waals surface area contributed by atoms with Crippen LogP contribution in [-0.4, -0.2) is 11.5 Å². The molecule has 4 rings (SSSR count). The first-order chi connectivity index (χ1) is 11.4. The van der Waals surface area contributed by atoms with Gasteiger partial charge in [0.2, 0.25) is 0 Å². The van der Waals surface area contributed by atoms with Crippen LogP contribution in [0.4, 0.5) is 11.4 Å². The average Bonchev–Trinajstić information content (AvgIpc) is 2.96. The highest BCUT2D eigenvalue weighted by Gasteiger charge is 2.44. The summed E-state index contributed by atoms with van der Waals surface area (Å²) in [5, 5.41) is 5.71. The van der Waals surface area contributed by atoms with Crippen molar-refractivity contribution in [3.63, 3.8) is 0 Å². The van der Waals surface area contributed by atoms with Gasteiger partial charge in [-0.25, -0.2) is 0 Å². The molecule has 124 valence electrons. The second-order valence-corrected chi connectivity index (χ2v) is 8.70. The van der Waals surface area contributed by atoms with Crippen molar-refractivity contribution in [3.05, 3.63) is 46.2 Å². The van der Waals surface area contributed by atoms with Gasteiger partial charge in [0, 0.05) is 17.0 Å². The van der Waals surface area contributed by atoms with Gasteiger partial charge in [0.25, 0.3) is 0 Å². The van der Waals surface area contributed by atoms with E-state index in [-0.39, 0.29) is 17.4 Å². The zero-order valence-electron chi connectivity index (χ0n) is 14.3. The fourth-order valence-electron chi connectivity index (χ4n) is 3.89. The first kappa shape index (κ1) is 15.6. The van der Waals surface area contributed by atoms with Gasteiger partial charge in [0.05, 0.1) is 23.3 Å². The third-order valence-electron chi connectivity index (χ3n) is 4.93. The van der Waals surface area contributed by atoms with E-state index in [1.54, 1.807) is 11.3 Å². The van der Waals surface area contributed by atoms with E-state index in [4.69, 9.17) is 4.99 Å². The van der Waals surface area contributed by atoms with Crippen LogP contribution < -0.4 is 5.32 Å². The third kappa shape index (κ3) is 2.69. The van der Waals surface area contributed by atoms with Crippen LogP contribution in [0.1, 0.15) is 43.2 Å². The molecular formula is C20H22N2OS. The van der Waals surface area contributed by atoms with Crippen molar-refractivity contribution in [1.29, 1.82) is 0 Å². The number of ketones is 1. The monoisotopic (exact) mass is 338 g/mol. The first-order valence-corrected chi connectivity index (χ1v) is 9.32. The summed E-state index contributed by atoms with van der Waals surface area (Å²) in [5.41, 5.74) is 4.19. The summed E-state index contributed by atoms with van der Waals surface area (Å²) in [7, 11) is 0. The molecule has 1 aromatic heterocycles. The molecule has 0 bridgehead atoms. The Hall–Kier alpha value is -1.94. The van der Waals surface area contributed by atoms with E-state index >= 15 is 0 Å². The number of nitrogens with one attached hydrogen (secondary N) is 1. The third-order valence-corrected chi connectivity index (χ3v) is 5.88. The number of anilines is 1. The lowest BCUT2D eigenvalue weighted by atomic mass is 9.69. The molecule has 0 radical (unpaired) electrons. The van der Waals surface area contributed by atoms with Crippen LogP contribution >= 0.6 is 11.3 Å². The van der Waals surface area contributed by atoms with Gasteiger partial charge in [-0.2, -0.15) is 0 Å². The number of thiophene rings is 1. The van der Waals surface area contributed by atoms with Crippen molar-refractivity contribution >= 4 is 34.2 Å². The number of rotatable bonds is 1. The van der Waals surface area contributed by atoms with Crippen molar-refractivity contribution < 1.29 is 4.79 Å². The van der Waals surface area contributed by atoms with Crippen LogP contribution in [0.3, 0.4) is 0 Å². The lowest BCUT2D eigenvalue weighted by Crippen LogP contribution is -2.41. The van der Waals surface area contributed by atoms with Crippen LogP contribution in [0.15, 0.2) is 40.7 Å². The molecule has 1 fully saturated rings. The molecule has 1 aromatic carbocycles. The molecule has 2 aromatic rings. The van der Waals surface area contributed by atoms with Crippen molar-refractivity contribution in [2.75, 3.05) is 5.32 Å². The van der Waals surface area contributed by atoms with Gasteiger partial charge in [0.1, 0.15) is 5.78 Å². The number of carbonyl (C=O) groups excluding carboxylic acids is 1. The van der Waals surface area contributed by atoms with E-state index in [9.17, 15) is 4.79 Å². The van der Waals surface area contributed by atoms with Crippen molar-refractivity contribution in [2.24, 2.45) is 16.3 Å². The second-order valence-electron chi connectivity index (χ2n) is 7.72. The van der Waals surface area contributed by atoms with Gasteiger partial charge in [0.15, 0.2) is 0 Å². The molecule has 0 spiro atoms. The van der Waals surface area contributed by atoms with Gasteiger partial charge in [-0.1, -0.05) is 26.0 Å². The minimum atomic E-state index is -0.163. The zero-order chi connectivity index (χ0) is 16.9. The van der Waals surface area contributed by atoms with Gasteiger partial charge in [-0.15, -0.1) is 11.3 Å². The molecule has 4 heteroatoms. The maximum Gasteiger partial charge on any atom is 0.144 e. The maximum atomic E-state index is 13.0. The Bertz CT molecular complexity index is 820. The highest BCUT2D eigenvalue weighted by atomic mass is 32.1. The van der Waals surface area contributed by atoms with E-state index in [1.807, 2.05) is 0 Å². The summed E-state index contributed by atoms with van der Waals surface area (Å²) in [6.07, 6.45) is 1.50. The lowest BCUT2D eigenvalue weighted by molar-refractivity contribution is -0.124. The Morgan fingerprint density at radius 2 is 2.08 bits per heavy atom. The quantitative estimate of drug-likeness (QED) is 0.766. The van der Waals surface area contributed by atoms with Crippen LogP contribution in [0.2, 0.25) is 0 Å². The zero-order valence-corrected chi connectivity index (χ0v) is 15.1. The van der Waals surface area contributed by atoms with Crippen LogP contribution in [-0.2, 0) is 4.79 Å². The number of carbonyl (C=O) groups is 1. The Morgan fingerprint density at radius 1 is 1.25 bits per heavy atom. The van der Waals surface area contributed by atoms with Crippen LogP contribution in [0, 0.1) is 18.3 Å². The molecule has 1 saturated carbocycles. The molecule has 1 aliphatic carbocycles. The summed E-state index contributed by atoms with van der Waals surface area (Å²) >= 11 is 1.71. The maximum absolute atomic E-state index is 13.0. The summed E-state index contributed by atoms with van der Waals surface area (Å²) in [6, 6.07) is 10.4. The van der Waals surface area contributed by atoms with Crippen LogP contribution in [0.25, 0.3) is 0 Å². The first-order valence-electron chi connectivity index (χ1n) is 8.44. The summed E-state index contributed by atoms with van der Waals surface area (Å²) in [4.78, 5) is 19.2. The average molecular weight is 338 g/mol. The van der Waals surface area contributed by atoms with Gasteiger partial charge in [-0.05, 0) is 47.9 Å². The van der Waals surface area contributed by atoms with Crippen molar-refractivity contribution in [2.45, 2.75) is 39.7 Å². The number of nitrogens with zero attached hydrogens (tertiary/aromatic N) is 1. The van der Waals surface area contributed by atoms with Gasteiger partial charge in [-0.3, -0.25) is 9.79 Å². The minimum Gasteiger partial charge on any atom is -0.375 e. The number of benzene rings is 1. The minimum absolute atomic E-state index is 0.0123. The number of fused-ring (bicyclic) bond motifs is 2. The van der Waals surface area contributed by atoms with E-state index < -0.39 is 0 Å². The predicted molar refractivity (Wildman–Crippen MR) is 100 cm³/mol. The number of aliphatic imine (C=N–C) groups is 1. The summed E-state index contributed by atoms with van der Waals surface area (Å²) < 4.78 is 0. The van der Waals surface area contributed by atoms with E-state index in [1.165, 1.54) is 10.4 Å². The fourth-order valence-corrected chi connectivity index (χ4v) is 4.70. The number of aryl methyl sites for hydroxylation is 1. The van der Waals surface area contributed by atoms with Gasteiger partial charge < -0.3 is 5.32 Å². The predicted octanol–water partition coefficient (Wildman–Crippen LogP) is 5.30. The highest BCUT2D eigenvalue weighted by molar-refractivity contribution is 7.10. The SMILES string of the molecule is Cc1ccc2c(c1)NC(c1cccs1)C1C(=O)CC(C)(C)CC1=N2. The van der Waals surface area contributed by atoms with E-state index in [0.29, 0.717) is 12.2 Å². The number of hydrogen-bond donors (Lipinski definition) is 1. The Kier molecular flexibility index (Phi) is 3.61. The molecule has 1 aliphatic heterocycles. The molecule has 0 saturated heterocycles. The molecular weight excluding hydrogens is 316 g/mol. The normalized spacial score (nSPS) is 25.1. The van der Waals surface area contributed by atoms with E-state index in [2.05, 4.69) is 61.8 Å². The molecule has 2 unspecified atom stereocenters. The molecule has 0 amide bonds. The smallest absolute Gasteiger partial charge is 0.144 e. The highest BCUT2D eigenvalue weighted by Crippen LogP contribution is 2.45. The second kappa shape index (κ2) is 5.55. The number of hydrogen-bond acceptors (Lipinski definition) is 4. The van der Waals surface area contributed by atoms with Crippen LogP contribution in [0.5, 0.6) is 0 Å². The molecule has 24 heavy (non-hydrogen) atoms. The summed E-state index contributed by atoms with van der Waals surface area (Å²) in [5.74, 6) is 0.143. The fraction of sp³-hybridized carbons (Fsp3) is 0.400. The molecule has 1 N–H and O–H groups in total. The Balaban J connectivity index is 1.88. The molecule has 2 atom stereocenters. The molecule has 3 nitrogen and oxygen atoms in total. The lowest BCUT2D eigenvalue weighted by Gasteiger charge is -2.37.